The molecule has 3 rings (SSSR count). The molecule has 1 aromatic heterocycles. The number of hydrogen-bond donors (Lipinski definition) is 1. The van der Waals surface area contributed by atoms with E-state index in [4.69, 9.17) is 0 Å². The zero-order valence-corrected chi connectivity index (χ0v) is 15.2. The van der Waals surface area contributed by atoms with Crippen LogP contribution in [-0.4, -0.2) is 53.2 Å². The second kappa shape index (κ2) is 7.87. The topological polar surface area (TPSA) is 65.8 Å². The van der Waals surface area contributed by atoms with Gasteiger partial charge in [-0.25, -0.2) is 17.6 Å². The smallest absolute Gasteiger partial charge is 0.246 e. The first-order valence-electron chi connectivity index (χ1n) is 8.38. The molecule has 1 amide bonds. The summed E-state index contributed by atoms with van der Waals surface area (Å²) in [7, 11) is 3.17. The van der Waals surface area contributed by atoms with E-state index < -0.39 is 35.4 Å². The van der Waals surface area contributed by atoms with Crippen LogP contribution in [0.1, 0.15) is 5.56 Å². The van der Waals surface area contributed by atoms with E-state index in [1.807, 2.05) is 0 Å². The van der Waals surface area contributed by atoms with Gasteiger partial charge in [0.05, 0.1) is 11.9 Å². The minimum Gasteiger partial charge on any atom is -0.352 e. The fourth-order valence-corrected chi connectivity index (χ4v) is 2.95. The van der Waals surface area contributed by atoms with Crippen molar-refractivity contribution in [3.8, 4) is 0 Å². The predicted molar refractivity (Wildman–Crippen MR) is 93.6 cm³/mol. The number of aliphatic imine (C=N–C) groups is 1. The summed E-state index contributed by atoms with van der Waals surface area (Å²) in [5, 5.41) is 6.68. The largest absolute Gasteiger partial charge is 0.352 e. The van der Waals surface area contributed by atoms with Crippen LogP contribution in [0, 0.1) is 23.3 Å². The number of amides is 1. The number of rotatable bonds is 3. The van der Waals surface area contributed by atoms with Crippen LogP contribution < -0.4 is 10.2 Å². The van der Waals surface area contributed by atoms with E-state index in [2.05, 4.69) is 15.4 Å². The van der Waals surface area contributed by atoms with Gasteiger partial charge < -0.3 is 15.1 Å². The number of benzene rings is 1. The first-order chi connectivity index (χ1) is 13.3. The molecule has 2 aromatic rings. The summed E-state index contributed by atoms with van der Waals surface area (Å²) < 4.78 is 55.8. The zero-order chi connectivity index (χ0) is 20.4. The van der Waals surface area contributed by atoms with Gasteiger partial charge in [0.2, 0.25) is 5.91 Å². The highest BCUT2D eigenvalue weighted by molar-refractivity contribution is 5.98. The van der Waals surface area contributed by atoms with E-state index in [-0.39, 0.29) is 24.5 Å². The first kappa shape index (κ1) is 19.6. The van der Waals surface area contributed by atoms with E-state index in [1.54, 1.807) is 33.9 Å². The number of guanidine groups is 1. The summed E-state index contributed by atoms with van der Waals surface area (Å²) in [6.07, 6.45) is 3.29. The molecule has 150 valence electrons. The average molecular weight is 398 g/mol. The lowest BCUT2D eigenvalue weighted by atomic mass is 10.2. The Balaban J connectivity index is 1.68. The number of aryl methyl sites for hydroxylation is 1. The molecular formula is C17H18F4N6O. The molecule has 11 heteroatoms. The summed E-state index contributed by atoms with van der Waals surface area (Å²) in [6.45, 7) is 0.179. The van der Waals surface area contributed by atoms with Gasteiger partial charge >= 0.3 is 0 Å². The van der Waals surface area contributed by atoms with E-state index in [9.17, 15) is 22.4 Å². The molecular weight excluding hydrogens is 380 g/mol. The SMILES string of the molecule is CN=C(NCc1c(F)c(F)cc(F)c1F)N1CCN(c2cnn(C)c2)C(=O)C1. The van der Waals surface area contributed by atoms with E-state index in [1.165, 1.54) is 7.05 Å². The number of carbonyl (C=O) groups excluding carboxylic acids is 1. The number of anilines is 1. The first-order valence-corrected chi connectivity index (χ1v) is 8.38. The molecule has 2 heterocycles. The van der Waals surface area contributed by atoms with Crippen molar-refractivity contribution in [1.29, 1.82) is 0 Å². The van der Waals surface area contributed by atoms with Crippen molar-refractivity contribution in [2.45, 2.75) is 6.54 Å². The monoisotopic (exact) mass is 398 g/mol. The maximum atomic E-state index is 13.8. The number of halogens is 4. The summed E-state index contributed by atoms with van der Waals surface area (Å²) in [5.74, 6) is -5.94. The van der Waals surface area contributed by atoms with Crippen molar-refractivity contribution in [2.24, 2.45) is 12.0 Å². The van der Waals surface area contributed by atoms with Crippen LogP contribution in [0.2, 0.25) is 0 Å². The molecule has 1 aliphatic rings. The average Bonchev–Trinajstić information content (AvgIpc) is 3.09. The van der Waals surface area contributed by atoms with Crippen LogP contribution in [0.15, 0.2) is 23.5 Å². The Labute approximate surface area is 158 Å². The lowest BCUT2D eigenvalue weighted by Gasteiger charge is -2.35. The van der Waals surface area contributed by atoms with E-state index >= 15 is 0 Å². The number of aromatic nitrogens is 2. The Kier molecular flexibility index (Phi) is 5.52. The minimum absolute atomic E-state index is 0.0307. The molecule has 0 bridgehead atoms. The molecule has 1 aromatic carbocycles. The van der Waals surface area contributed by atoms with Gasteiger partial charge in [0.25, 0.3) is 0 Å². The van der Waals surface area contributed by atoms with Crippen LogP contribution >= 0.6 is 0 Å². The molecule has 7 nitrogen and oxygen atoms in total. The number of hydrogen-bond acceptors (Lipinski definition) is 3. The molecule has 1 aliphatic heterocycles. The second-order valence-electron chi connectivity index (χ2n) is 6.19. The van der Waals surface area contributed by atoms with Gasteiger partial charge in [0.1, 0.15) is 6.54 Å². The van der Waals surface area contributed by atoms with Crippen LogP contribution in [0.3, 0.4) is 0 Å². The van der Waals surface area contributed by atoms with Crippen molar-refractivity contribution in [1.82, 2.24) is 20.0 Å². The molecule has 0 spiro atoms. The Morgan fingerprint density at radius 1 is 1.21 bits per heavy atom. The van der Waals surface area contributed by atoms with Crippen molar-refractivity contribution in [3.05, 3.63) is 47.3 Å². The Bertz CT molecular complexity index is 902. The van der Waals surface area contributed by atoms with Gasteiger partial charge in [-0.2, -0.15) is 5.10 Å². The number of nitrogens with one attached hydrogen (secondary N) is 1. The van der Waals surface area contributed by atoms with E-state index in [0.29, 0.717) is 18.8 Å². The summed E-state index contributed by atoms with van der Waals surface area (Å²) in [4.78, 5) is 19.6. The van der Waals surface area contributed by atoms with Crippen LogP contribution in [-0.2, 0) is 18.4 Å². The lowest BCUT2D eigenvalue weighted by Crippen LogP contribution is -2.55. The highest BCUT2D eigenvalue weighted by Gasteiger charge is 2.28. The third-order valence-electron chi connectivity index (χ3n) is 4.36. The van der Waals surface area contributed by atoms with Gasteiger partial charge in [-0.05, 0) is 0 Å². The summed E-state index contributed by atoms with van der Waals surface area (Å²) in [6, 6.07) is 0.152. The maximum Gasteiger partial charge on any atom is 0.246 e. The quantitative estimate of drug-likeness (QED) is 0.368. The Morgan fingerprint density at radius 2 is 1.89 bits per heavy atom. The number of carbonyl (C=O) groups is 1. The molecule has 0 radical (unpaired) electrons. The lowest BCUT2D eigenvalue weighted by molar-refractivity contribution is -0.120. The third kappa shape index (κ3) is 3.78. The molecule has 0 aliphatic carbocycles. The maximum absolute atomic E-state index is 13.8. The van der Waals surface area contributed by atoms with Crippen LogP contribution in [0.25, 0.3) is 0 Å². The van der Waals surface area contributed by atoms with Crippen LogP contribution in [0.4, 0.5) is 23.2 Å². The molecule has 0 saturated carbocycles. The number of piperazine rings is 1. The van der Waals surface area contributed by atoms with Crippen molar-refractivity contribution in [3.63, 3.8) is 0 Å². The molecule has 1 N–H and O–H groups in total. The fraction of sp³-hybridized carbons (Fsp3) is 0.353. The van der Waals surface area contributed by atoms with Gasteiger partial charge in [0, 0.05) is 51.6 Å². The summed E-state index contributed by atoms with van der Waals surface area (Å²) >= 11 is 0. The van der Waals surface area contributed by atoms with Gasteiger partial charge in [-0.1, -0.05) is 0 Å². The van der Waals surface area contributed by atoms with E-state index in [0.717, 1.165) is 0 Å². The van der Waals surface area contributed by atoms with Crippen molar-refractivity contribution in [2.75, 3.05) is 31.6 Å². The van der Waals surface area contributed by atoms with Crippen molar-refractivity contribution >= 4 is 17.6 Å². The molecule has 1 saturated heterocycles. The summed E-state index contributed by atoms with van der Waals surface area (Å²) in [5.41, 5.74) is -0.117. The Hall–Kier alpha value is -3.11. The molecule has 0 unspecified atom stereocenters. The molecule has 28 heavy (non-hydrogen) atoms. The number of nitrogens with zero attached hydrogens (tertiary/aromatic N) is 5. The predicted octanol–water partition coefficient (Wildman–Crippen LogP) is 1.40. The van der Waals surface area contributed by atoms with Crippen molar-refractivity contribution < 1.29 is 22.4 Å². The molecule has 1 fully saturated rings. The minimum atomic E-state index is -1.48. The highest BCUT2D eigenvalue weighted by atomic mass is 19.2. The Morgan fingerprint density at radius 3 is 2.43 bits per heavy atom. The standard InChI is InChI=1S/C17H18F4N6O/c1-22-17(23-7-11-15(20)12(18)5-13(19)16(11)21)26-3-4-27(14(28)9-26)10-6-24-25(2)8-10/h5-6,8H,3-4,7,9H2,1-2H3,(H,22,23). The third-order valence-corrected chi connectivity index (χ3v) is 4.36. The second-order valence-corrected chi connectivity index (χ2v) is 6.19. The highest BCUT2D eigenvalue weighted by Crippen LogP contribution is 2.20. The van der Waals surface area contributed by atoms with Gasteiger partial charge in [-0.15, -0.1) is 0 Å². The molecule has 0 atom stereocenters. The van der Waals surface area contributed by atoms with Gasteiger partial charge in [0.15, 0.2) is 29.2 Å². The normalized spacial score (nSPS) is 15.4. The van der Waals surface area contributed by atoms with Crippen LogP contribution in [0.5, 0.6) is 0 Å². The fourth-order valence-electron chi connectivity index (χ4n) is 2.95. The van der Waals surface area contributed by atoms with Gasteiger partial charge in [-0.3, -0.25) is 14.5 Å². The zero-order valence-electron chi connectivity index (χ0n) is 15.2.